The third-order valence-corrected chi connectivity index (χ3v) is 5.52. The highest BCUT2D eigenvalue weighted by atomic mass is 79.9. The maximum Gasteiger partial charge on any atom is 0.410 e. The fraction of sp³-hybridized carbons (Fsp3) is 0.500. The molecule has 2 aromatic rings. The number of anilines is 1. The largest absolute Gasteiger partial charge is 0.444 e. The Morgan fingerprint density at radius 2 is 2.08 bits per heavy atom. The zero-order valence-electron chi connectivity index (χ0n) is 15.5. The maximum atomic E-state index is 12.4. The Morgan fingerprint density at radius 1 is 1.27 bits per heavy atom. The molecule has 5 nitrogen and oxygen atoms in total. The lowest BCUT2D eigenvalue weighted by molar-refractivity contribution is 0.0292. The predicted octanol–water partition coefficient (Wildman–Crippen LogP) is 4.37. The van der Waals surface area contributed by atoms with Crippen LogP contribution >= 0.6 is 15.9 Å². The molecule has 0 saturated carbocycles. The van der Waals surface area contributed by atoms with Crippen molar-refractivity contribution in [3.63, 3.8) is 0 Å². The highest BCUT2D eigenvalue weighted by Gasteiger charge is 2.34. The second-order valence-electron chi connectivity index (χ2n) is 8.13. The van der Waals surface area contributed by atoms with E-state index in [2.05, 4.69) is 37.9 Å². The number of nitrogens with zero attached hydrogens (tertiary/aromatic N) is 3. The van der Waals surface area contributed by atoms with Crippen molar-refractivity contribution in [1.82, 2.24) is 9.88 Å². The van der Waals surface area contributed by atoms with Gasteiger partial charge in [0.15, 0.2) is 0 Å². The fourth-order valence-electron chi connectivity index (χ4n) is 3.98. The van der Waals surface area contributed by atoms with Gasteiger partial charge in [0.2, 0.25) is 0 Å². The van der Waals surface area contributed by atoms with Gasteiger partial charge in [-0.3, -0.25) is 4.98 Å². The molecular formula is C20H24BrN3O2. The smallest absolute Gasteiger partial charge is 0.410 e. The van der Waals surface area contributed by atoms with Crippen LogP contribution in [0.5, 0.6) is 0 Å². The number of carbonyl (C=O) groups excluding carboxylic acids is 1. The van der Waals surface area contributed by atoms with Crippen LogP contribution < -0.4 is 4.90 Å². The van der Waals surface area contributed by atoms with E-state index in [4.69, 9.17) is 4.74 Å². The fourth-order valence-corrected chi connectivity index (χ4v) is 4.45. The number of rotatable bonds is 1. The van der Waals surface area contributed by atoms with Crippen molar-refractivity contribution in [2.75, 3.05) is 24.5 Å². The molecule has 1 unspecified atom stereocenters. The summed E-state index contributed by atoms with van der Waals surface area (Å²) in [6.45, 7) is 8.14. The minimum Gasteiger partial charge on any atom is -0.444 e. The van der Waals surface area contributed by atoms with Crippen molar-refractivity contribution in [2.45, 2.75) is 45.3 Å². The average molecular weight is 418 g/mol. The third kappa shape index (κ3) is 3.27. The number of likely N-dealkylation sites (tertiary alicyclic amines) is 1. The monoisotopic (exact) mass is 417 g/mol. The molecule has 1 atom stereocenters. The summed E-state index contributed by atoms with van der Waals surface area (Å²) in [5, 5.41) is 2.46. The normalized spacial score (nSPS) is 19.9. The van der Waals surface area contributed by atoms with Gasteiger partial charge in [0.25, 0.3) is 0 Å². The lowest BCUT2D eigenvalue weighted by Crippen LogP contribution is -2.42. The number of benzene rings is 1. The second-order valence-corrected chi connectivity index (χ2v) is 9.05. The molecule has 26 heavy (non-hydrogen) atoms. The highest BCUT2D eigenvalue weighted by molar-refractivity contribution is 9.10. The van der Waals surface area contributed by atoms with E-state index in [0.717, 1.165) is 30.4 Å². The van der Waals surface area contributed by atoms with Crippen LogP contribution in [0.15, 0.2) is 29.0 Å². The zero-order valence-corrected chi connectivity index (χ0v) is 17.0. The number of amides is 1. The van der Waals surface area contributed by atoms with Crippen LogP contribution in [0.3, 0.4) is 0 Å². The summed E-state index contributed by atoms with van der Waals surface area (Å²) in [5.41, 5.74) is 2.10. The Hall–Kier alpha value is -1.82. The first-order valence-electron chi connectivity index (χ1n) is 9.12. The number of hydrogen-bond donors (Lipinski definition) is 0. The molecule has 1 aromatic heterocycles. The summed E-state index contributed by atoms with van der Waals surface area (Å²) >= 11 is 3.64. The van der Waals surface area contributed by atoms with E-state index in [1.54, 1.807) is 0 Å². The van der Waals surface area contributed by atoms with E-state index >= 15 is 0 Å². The molecule has 1 amide bonds. The quantitative estimate of drug-likeness (QED) is 0.690. The van der Waals surface area contributed by atoms with Crippen LogP contribution in [-0.2, 0) is 11.2 Å². The maximum absolute atomic E-state index is 12.4. The van der Waals surface area contributed by atoms with Crippen LogP contribution in [0.1, 0.15) is 32.8 Å². The third-order valence-electron chi connectivity index (χ3n) is 5.07. The van der Waals surface area contributed by atoms with Crippen LogP contribution in [0.25, 0.3) is 10.8 Å². The number of hydrogen-bond acceptors (Lipinski definition) is 4. The van der Waals surface area contributed by atoms with Crippen LogP contribution in [0.2, 0.25) is 0 Å². The molecule has 2 aliphatic heterocycles. The molecule has 2 aliphatic rings. The van der Waals surface area contributed by atoms with E-state index in [0.29, 0.717) is 12.6 Å². The van der Waals surface area contributed by atoms with Gasteiger partial charge in [-0.25, -0.2) is 4.79 Å². The van der Waals surface area contributed by atoms with Gasteiger partial charge in [-0.1, -0.05) is 15.9 Å². The van der Waals surface area contributed by atoms with Gasteiger partial charge in [-0.05, 0) is 51.3 Å². The van der Waals surface area contributed by atoms with Crippen LogP contribution in [0, 0.1) is 0 Å². The molecule has 0 aliphatic carbocycles. The SMILES string of the molecule is CC(C)(C)OC(=O)N1CCC(N2CCc3cncc4cc(Br)cc2c34)C1. The summed E-state index contributed by atoms with van der Waals surface area (Å²) in [6.07, 6.45) is 5.66. The molecule has 138 valence electrons. The van der Waals surface area contributed by atoms with Crippen molar-refractivity contribution in [3.8, 4) is 0 Å². The predicted molar refractivity (Wildman–Crippen MR) is 107 cm³/mol. The van der Waals surface area contributed by atoms with Gasteiger partial charge in [0.1, 0.15) is 5.60 Å². The number of carbonyl (C=O) groups is 1. The van der Waals surface area contributed by atoms with E-state index in [1.807, 2.05) is 38.1 Å². The van der Waals surface area contributed by atoms with E-state index in [1.165, 1.54) is 22.0 Å². The molecule has 3 heterocycles. The van der Waals surface area contributed by atoms with E-state index in [9.17, 15) is 4.79 Å². The molecule has 4 rings (SSSR count). The van der Waals surface area contributed by atoms with Crippen LogP contribution in [0.4, 0.5) is 10.5 Å². The Bertz CT molecular complexity index is 862. The topological polar surface area (TPSA) is 45.7 Å². The second kappa shape index (κ2) is 6.41. The zero-order chi connectivity index (χ0) is 18.5. The lowest BCUT2D eigenvalue weighted by atomic mass is 9.97. The number of pyridine rings is 1. The van der Waals surface area contributed by atoms with Crippen molar-refractivity contribution >= 4 is 38.5 Å². The Kier molecular flexibility index (Phi) is 4.34. The summed E-state index contributed by atoms with van der Waals surface area (Å²) in [6, 6.07) is 4.64. The molecule has 1 aromatic carbocycles. The number of aromatic nitrogens is 1. The average Bonchev–Trinajstić information content (AvgIpc) is 3.03. The van der Waals surface area contributed by atoms with E-state index < -0.39 is 5.60 Å². The molecule has 0 spiro atoms. The summed E-state index contributed by atoms with van der Waals surface area (Å²) in [7, 11) is 0. The van der Waals surface area contributed by atoms with Crippen molar-refractivity contribution in [2.24, 2.45) is 0 Å². The molecular weight excluding hydrogens is 394 g/mol. The van der Waals surface area contributed by atoms with Crippen molar-refractivity contribution < 1.29 is 9.53 Å². The Morgan fingerprint density at radius 3 is 2.85 bits per heavy atom. The van der Waals surface area contributed by atoms with Gasteiger partial charge >= 0.3 is 6.09 Å². The van der Waals surface area contributed by atoms with E-state index in [-0.39, 0.29) is 6.09 Å². The summed E-state index contributed by atoms with van der Waals surface area (Å²) < 4.78 is 6.61. The first-order chi connectivity index (χ1) is 12.3. The number of ether oxygens (including phenoxy) is 1. The molecule has 0 N–H and O–H groups in total. The molecule has 0 bridgehead atoms. The highest BCUT2D eigenvalue weighted by Crippen LogP contribution is 2.38. The van der Waals surface area contributed by atoms with Crippen molar-refractivity contribution in [3.05, 3.63) is 34.6 Å². The van der Waals surface area contributed by atoms with Crippen LogP contribution in [-0.4, -0.2) is 47.3 Å². The van der Waals surface area contributed by atoms with Gasteiger partial charge < -0.3 is 14.5 Å². The summed E-state index contributed by atoms with van der Waals surface area (Å²) in [5.74, 6) is 0. The first kappa shape index (κ1) is 17.6. The molecule has 6 heteroatoms. The summed E-state index contributed by atoms with van der Waals surface area (Å²) in [4.78, 5) is 21.1. The lowest BCUT2D eigenvalue weighted by Gasteiger charge is -2.36. The van der Waals surface area contributed by atoms with Gasteiger partial charge in [-0.2, -0.15) is 0 Å². The number of halogens is 1. The standard InChI is InChI=1S/C20H24BrN3O2/c1-20(2,3)26-19(25)23-6-5-16(12-23)24-7-4-13-10-22-11-14-8-15(21)9-17(24)18(13)14/h8-11,16H,4-7,12H2,1-3H3. The van der Waals surface area contributed by atoms with Gasteiger partial charge in [0, 0.05) is 59.0 Å². The minimum absolute atomic E-state index is 0.207. The Balaban J connectivity index is 1.60. The first-order valence-corrected chi connectivity index (χ1v) is 9.92. The van der Waals surface area contributed by atoms with Gasteiger partial charge in [0.05, 0.1) is 0 Å². The molecule has 0 radical (unpaired) electrons. The molecule has 1 saturated heterocycles. The Labute approximate surface area is 162 Å². The molecule has 1 fully saturated rings. The van der Waals surface area contributed by atoms with Gasteiger partial charge in [-0.15, -0.1) is 0 Å². The minimum atomic E-state index is -0.456. The van der Waals surface area contributed by atoms with Crippen molar-refractivity contribution in [1.29, 1.82) is 0 Å².